The van der Waals surface area contributed by atoms with E-state index in [0.717, 1.165) is 17.8 Å². The minimum absolute atomic E-state index is 0.196. The van der Waals surface area contributed by atoms with Crippen molar-refractivity contribution in [2.24, 2.45) is 5.92 Å². The molecular weight excluding hydrogens is 248 g/mol. The standard InChI is InChI=1S/C17H30N2O/c1-11(2)9-17(7,20)10-18-14(5)16-12(3)8-13(4)19-15(16)6/h8,11,14,18,20H,9-10H2,1-7H3. The van der Waals surface area contributed by atoms with Crippen molar-refractivity contribution in [1.82, 2.24) is 10.3 Å². The van der Waals surface area contributed by atoms with Gasteiger partial charge in [-0.05, 0) is 64.2 Å². The molecule has 20 heavy (non-hydrogen) atoms. The fourth-order valence-electron chi connectivity index (χ4n) is 3.11. The van der Waals surface area contributed by atoms with E-state index >= 15 is 0 Å². The molecule has 3 nitrogen and oxygen atoms in total. The molecule has 0 amide bonds. The van der Waals surface area contributed by atoms with Gasteiger partial charge in [0.15, 0.2) is 0 Å². The molecule has 2 N–H and O–H groups in total. The lowest BCUT2D eigenvalue weighted by Crippen LogP contribution is -2.40. The topological polar surface area (TPSA) is 45.1 Å². The van der Waals surface area contributed by atoms with Crippen LogP contribution in [0.1, 0.15) is 62.7 Å². The Kier molecular flexibility index (Phi) is 5.72. The SMILES string of the molecule is Cc1cc(C)c(C(C)NCC(C)(O)CC(C)C)c(C)n1. The summed E-state index contributed by atoms with van der Waals surface area (Å²) in [6.07, 6.45) is 0.802. The molecule has 2 unspecified atom stereocenters. The molecule has 0 fully saturated rings. The zero-order valence-electron chi connectivity index (χ0n) is 14.0. The average Bonchev–Trinajstić information content (AvgIpc) is 2.23. The highest BCUT2D eigenvalue weighted by atomic mass is 16.3. The number of nitrogens with one attached hydrogen (secondary N) is 1. The maximum Gasteiger partial charge on any atom is 0.0746 e. The van der Waals surface area contributed by atoms with Crippen LogP contribution in [0.15, 0.2) is 6.07 Å². The van der Waals surface area contributed by atoms with Crippen LogP contribution in [-0.4, -0.2) is 22.2 Å². The minimum Gasteiger partial charge on any atom is -0.389 e. The summed E-state index contributed by atoms with van der Waals surface area (Å²) in [5.41, 5.74) is 3.98. The number of nitrogens with zero attached hydrogens (tertiary/aromatic N) is 1. The Hall–Kier alpha value is -0.930. The fourth-order valence-corrected chi connectivity index (χ4v) is 3.11. The van der Waals surface area contributed by atoms with Crippen LogP contribution in [0, 0.1) is 26.7 Å². The van der Waals surface area contributed by atoms with Crippen LogP contribution in [0.5, 0.6) is 0 Å². The van der Waals surface area contributed by atoms with Crippen LogP contribution in [0.2, 0.25) is 0 Å². The lowest BCUT2D eigenvalue weighted by Gasteiger charge is -2.28. The molecule has 0 aliphatic carbocycles. The molecule has 0 saturated heterocycles. The molecule has 2 atom stereocenters. The van der Waals surface area contributed by atoms with E-state index in [9.17, 15) is 5.11 Å². The molecule has 0 spiro atoms. The maximum atomic E-state index is 10.4. The molecule has 1 heterocycles. The van der Waals surface area contributed by atoms with Gasteiger partial charge >= 0.3 is 0 Å². The number of aromatic nitrogens is 1. The van der Waals surface area contributed by atoms with Gasteiger partial charge in [0.1, 0.15) is 0 Å². The molecule has 0 aliphatic rings. The number of rotatable bonds is 6. The first-order chi connectivity index (χ1) is 9.12. The van der Waals surface area contributed by atoms with Gasteiger partial charge in [-0.1, -0.05) is 13.8 Å². The number of aryl methyl sites for hydroxylation is 3. The summed E-state index contributed by atoms with van der Waals surface area (Å²) in [4.78, 5) is 4.55. The third kappa shape index (κ3) is 4.88. The smallest absolute Gasteiger partial charge is 0.0746 e. The first kappa shape index (κ1) is 17.1. The quantitative estimate of drug-likeness (QED) is 0.837. The maximum absolute atomic E-state index is 10.4. The lowest BCUT2D eigenvalue weighted by molar-refractivity contribution is 0.0363. The number of pyridine rings is 1. The summed E-state index contributed by atoms with van der Waals surface area (Å²) in [6, 6.07) is 2.31. The van der Waals surface area contributed by atoms with Crippen LogP contribution in [0.3, 0.4) is 0 Å². The number of hydrogen-bond donors (Lipinski definition) is 2. The van der Waals surface area contributed by atoms with Crippen molar-refractivity contribution in [3.63, 3.8) is 0 Å². The van der Waals surface area contributed by atoms with E-state index in [1.54, 1.807) is 0 Å². The molecule has 1 aromatic heterocycles. The summed E-state index contributed by atoms with van der Waals surface area (Å²) >= 11 is 0. The fraction of sp³-hybridized carbons (Fsp3) is 0.706. The summed E-state index contributed by atoms with van der Waals surface area (Å²) in [5, 5.41) is 13.8. The van der Waals surface area contributed by atoms with Gasteiger partial charge in [0, 0.05) is 24.0 Å². The molecule has 0 aromatic carbocycles. The van der Waals surface area contributed by atoms with E-state index in [1.807, 2.05) is 13.8 Å². The molecule has 1 aromatic rings. The zero-order chi connectivity index (χ0) is 15.5. The van der Waals surface area contributed by atoms with Crippen LogP contribution < -0.4 is 5.32 Å². The van der Waals surface area contributed by atoms with E-state index < -0.39 is 5.60 Å². The summed E-state index contributed by atoms with van der Waals surface area (Å²) < 4.78 is 0. The van der Waals surface area contributed by atoms with Gasteiger partial charge in [-0.25, -0.2) is 0 Å². The normalized spacial score (nSPS) is 16.2. The predicted molar refractivity (Wildman–Crippen MR) is 84.9 cm³/mol. The Bertz CT molecular complexity index is 429. The van der Waals surface area contributed by atoms with Crippen LogP contribution in [-0.2, 0) is 0 Å². The van der Waals surface area contributed by atoms with Crippen molar-refractivity contribution >= 4 is 0 Å². The van der Waals surface area contributed by atoms with Gasteiger partial charge in [0.2, 0.25) is 0 Å². The Morgan fingerprint density at radius 3 is 2.35 bits per heavy atom. The van der Waals surface area contributed by atoms with Gasteiger partial charge < -0.3 is 10.4 Å². The number of hydrogen-bond acceptors (Lipinski definition) is 3. The van der Waals surface area contributed by atoms with Crippen molar-refractivity contribution in [2.45, 2.75) is 66.5 Å². The Labute approximate surface area is 123 Å². The van der Waals surface area contributed by atoms with Crippen LogP contribution in [0.25, 0.3) is 0 Å². The van der Waals surface area contributed by atoms with Crippen molar-refractivity contribution < 1.29 is 5.11 Å². The predicted octanol–water partition coefficient (Wildman–Crippen LogP) is 3.45. The van der Waals surface area contributed by atoms with Gasteiger partial charge in [-0.3, -0.25) is 4.98 Å². The van der Waals surface area contributed by atoms with E-state index in [0.29, 0.717) is 12.5 Å². The second kappa shape index (κ2) is 6.68. The highest BCUT2D eigenvalue weighted by molar-refractivity contribution is 5.33. The summed E-state index contributed by atoms with van der Waals surface area (Å²) in [5.74, 6) is 0.492. The molecule has 3 heteroatoms. The van der Waals surface area contributed by atoms with Crippen molar-refractivity contribution in [2.75, 3.05) is 6.54 Å². The molecule has 0 aliphatic heterocycles. The first-order valence-corrected chi connectivity index (χ1v) is 7.53. The van der Waals surface area contributed by atoms with Crippen LogP contribution in [0.4, 0.5) is 0 Å². The molecule has 0 bridgehead atoms. The van der Waals surface area contributed by atoms with Gasteiger partial charge in [0.25, 0.3) is 0 Å². The lowest BCUT2D eigenvalue weighted by atomic mass is 9.93. The van der Waals surface area contributed by atoms with Crippen molar-refractivity contribution in [3.8, 4) is 0 Å². The monoisotopic (exact) mass is 278 g/mol. The first-order valence-electron chi connectivity index (χ1n) is 7.53. The summed E-state index contributed by atoms with van der Waals surface area (Å²) in [7, 11) is 0. The molecule has 114 valence electrons. The van der Waals surface area contributed by atoms with E-state index in [2.05, 4.69) is 51.0 Å². The largest absolute Gasteiger partial charge is 0.389 e. The minimum atomic E-state index is -0.664. The van der Waals surface area contributed by atoms with Gasteiger partial charge in [-0.15, -0.1) is 0 Å². The van der Waals surface area contributed by atoms with E-state index in [4.69, 9.17) is 0 Å². The molecule has 0 saturated carbocycles. The number of aliphatic hydroxyl groups is 1. The average molecular weight is 278 g/mol. The van der Waals surface area contributed by atoms with Gasteiger partial charge in [-0.2, -0.15) is 0 Å². The second-order valence-electron chi connectivity index (χ2n) is 6.78. The molecule has 1 rings (SSSR count). The highest BCUT2D eigenvalue weighted by Gasteiger charge is 2.23. The molecular formula is C17H30N2O. The van der Waals surface area contributed by atoms with Crippen molar-refractivity contribution in [1.29, 1.82) is 0 Å². The van der Waals surface area contributed by atoms with Gasteiger partial charge in [0.05, 0.1) is 5.60 Å². The third-order valence-corrected chi connectivity index (χ3v) is 3.65. The Balaban J connectivity index is 2.75. The zero-order valence-corrected chi connectivity index (χ0v) is 14.0. The summed E-state index contributed by atoms with van der Waals surface area (Å²) in [6.45, 7) is 15.1. The second-order valence-corrected chi connectivity index (χ2v) is 6.78. The molecule has 0 radical (unpaired) electrons. The Morgan fingerprint density at radius 1 is 1.25 bits per heavy atom. The third-order valence-electron chi connectivity index (χ3n) is 3.65. The van der Waals surface area contributed by atoms with E-state index in [1.165, 1.54) is 11.1 Å². The van der Waals surface area contributed by atoms with Crippen LogP contribution >= 0.6 is 0 Å². The van der Waals surface area contributed by atoms with Crippen molar-refractivity contribution in [3.05, 3.63) is 28.6 Å². The van der Waals surface area contributed by atoms with E-state index in [-0.39, 0.29) is 6.04 Å². The Morgan fingerprint density at radius 2 is 1.85 bits per heavy atom. The highest BCUT2D eigenvalue weighted by Crippen LogP contribution is 2.22.